The molecule has 0 unspecified atom stereocenters. The van der Waals surface area contributed by atoms with Crippen molar-refractivity contribution in [1.29, 1.82) is 0 Å². The number of rotatable bonds is 3. The van der Waals surface area contributed by atoms with Gasteiger partial charge in [0.25, 0.3) is 0 Å². The van der Waals surface area contributed by atoms with Gasteiger partial charge in [-0.3, -0.25) is 0 Å². The molecule has 45 heavy (non-hydrogen) atoms. The lowest BCUT2D eigenvalue weighted by atomic mass is 9.99. The van der Waals surface area contributed by atoms with E-state index in [-0.39, 0.29) is 0 Å². The van der Waals surface area contributed by atoms with E-state index in [2.05, 4.69) is 126 Å². The maximum Gasteiger partial charge on any atom is 0.143 e. The molecule has 0 aliphatic carbocycles. The number of benzene rings is 6. The molecule has 4 nitrogen and oxygen atoms in total. The second kappa shape index (κ2) is 9.36. The fourth-order valence-corrected chi connectivity index (χ4v) is 8.07. The van der Waals surface area contributed by atoms with Crippen molar-refractivity contribution in [3.8, 4) is 28.1 Å². The zero-order chi connectivity index (χ0) is 29.5. The van der Waals surface area contributed by atoms with Gasteiger partial charge in [-0.25, -0.2) is 9.97 Å². The van der Waals surface area contributed by atoms with Crippen molar-refractivity contribution in [2.24, 2.45) is 0 Å². The predicted octanol–water partition coefficient (Wildman–Crippen LogP) is 11.2. The van der Waals surface area contributed by atoms with Crippen LogP contribution in [0.3, 0.4) is 0 Å². The van der Waals surface area contributed by atoms with Gasteiger partial charge >= 0.3 is 0 Å². The first kappa shape index (κ1) is 24.6. The van der Waals surface area contributed by atoms with E-state index in [0.29, 0.717) is 0 Å². The summed E-state index contributed by atoms with van der Waals surface area (Å²) in [4.78, 5) is 9.65. The summed E-state index contributed by atoms with van der Waals surface area (Å²) >= 11 is 1.75. The van der Waals surface area contributed by atoms with Crippen molar-refractivity contribution in [2.45, 2.75) is 0 Å². The molecular weight excluding hydrogens is 571 g/mol. The van der Waals surface area contributed by atoms with E-state index in [1.165, 1.54) is 26.5 Å². The van der Waals surface area contributed by atoms with Gasteiger partial charge in [0, 0.05) is 48.4 Å². The van der Waals surface area contributed by atoms with Gasteiger partial charge < -0.3 is 8.98 Å². The number of hydrogen-bond donors (Lipinski definition) is 0. The molecule has 210 valence electrons. The van der Waals surface area contributed by atoms with Crippen LogP contribution in [-0.4, -0.2) is 14.5 Å². The van der Waals surface area contributed by atoms with Gasteiger partial charge in [0.15, 0.2) is 0 Å². The summed E-state index contributed by atoms with van der Waals surface area (Å²) in [7, 11) is 0. The predicted molar refractivity (Wildman–Crippen MR) is 187 cm³/mol. The smallest absolute Gasteiger partial charge is 0.143 e. The molecule has 4 aromatic heterocycles. The molecule has 5 heteroatoms. The van der Waals surface area contributed by atoms with Crippen LogP contribution in [-0.2, 0) is 0 Å². The Morgan fingerprint density at radius 1 is 0.556 bits per heavy atom. The molecule has 0 N–H and O–H groups in total. The first-order valence-corrected chi connectivity index (χ1v) is 15.8. The Bertz CT molecular complexity index is 2730. The number of thiophene rings is 1. The Balaban J connectivity index is 1.14. The van der Waals surface area contributed by atoms with Crippen LogP contribution < -0.4 is 0 Å². The molecule has 0 amide bonds. The number of fused-ring (bicyclic) bond motifs is 9. The molecule has 0 saturated carbocycles. The highest BCUT2D eigenvalue weighted by atomic mass is 32.1. The van der Waals surface area contributed by atoms with Crippen LogP contribution in [0.15, 0.2) is 144 Å². The first-order chi connectivity index (χ1) is 22.3. The van der Waals surface area contributed by atoms with E-state index >= 15 is 0 Å². The minimum Gasteiger partial charge on any atom is -0.455 e. The molecule has 0 aliphatic rings. The number of furan rings is 1. The Kier molecular flexibility index (Phi) is 5.12. The van der Waals surface area contributed by atoms with Crippen molar-refractivity contribution in [2.75, 3.05) is 0 Å². The largest absolute Gasteiger partial charge is 0.455 e. The molecule has 0 fully saturated rings. The standard InChI is InChI=1S/C40H23N3OS/c1-4-16-33-28(11-1)29-12-2-5-17-34(29)43(33)26-19-20-36-32(22-26)38-40(45-36)37(41-23-42-38)25-10-7-9-24(21-25)27-14-8-15-31-30-13-3-6-18-35(30)44-39(27)31/h1-23H. The third-order valence-corrected chi connectivity index (χ3v) is 10.1. The molecule has 0 radical (unpaired) electrons. The van der Waals surface area contributed by atoms with Gasteiger partial charge in [0.05, 0.1) is 26.9 Å². The van der Waals surface area contributed by atoms with E-state index in [1.807, 2.05) is 12.1 Å². The monoisotopic (exact) mass is 593 g/mol. The van der Waals surface area contributed by atoms with Gasteiger partial charge in [-0.2, -0.15) is 0 Å². The third kappa shape index (κ3) is 3.59. The lowest BCUT2D eigenvalue weighted by Crippen LogP contribution is -1.93. The number of hydrogen-bond acceptors (Lipinski definition) is 4. The van der Waals surface area contributed by atoms with Gasteiger partial charge in [0.1, 0.15) is 17.5 Å². The minimum absolute atomic E-state index is 0.902. The Labute approximate surface area is 261 Å². The third-order valence-electron chi connectivity index (χ3n) is 8.92. The molecule has 0 saturated heterocycles. The second-order valence-corrected chi connectivity index (χ2v) is 12.5. The van der Waals surface area contributed by atoms with E-state index < -0.39 is 0 Å². The van der Waals surface area contributed by atoms with E-state index in [0.717, 1.165) is 65.6 Å². The molecule has 6 aromatic carbocycles. The van der Waals surface area contributed by atoms with E-state index in [1.54, 1.807) is 17.7 Å². The Hall–Kier alpha value is -5.78. The Morgan fingerprint density at radius 3 is 2.11 bits per heavy atom. The quantitative estimate of drug-likeness (QED) is 0.205. The highest BCUT2D eigenvalue weighted by Gasteiger charge is 2.18. The number of nitrogens with zero attached hydrogens (tertiary/aromatic N) is 3. The maximum absolute atomic E-state index is 6.36. The fraction of sp³-hybridized carbons (Fsp3) is 0. The lowest BCUT2D eigenvalue weighted by Gasteiger charge is -2.08. The average Bonchev–Trinajstić information content (AvgIpc) is 3.77. The Morgan fingerprint density at radius 2 is 1.27 bits per heavy atom. The SMILES string of the molecule is c1cc(-c2cccc3c2oc2ccccc23)cc(-c2ncnc3c2sc2ccc(-n4c5ccccc5c5ccccc54)cc23)c1. The summed E-state index contributed by atoms with van der Waals surface area (Å²) in [5.74, 6) is 0. The van der Waals surface area contributed by atoms with Gasteiger partial charge in [-0.05, 0) is 48.0 Å². The van der Waals surface area contributed by atoms with Crippen molar-refractivity contribution in [3.63, 3.8) is 0 Å². The van der Waals surface area contributed by atoms with Crippen molar-refractivity contribution in [3.05, 3.63) is 140 Å². The van der Waals surface area contributed by atoms with Gasteiger partial charge in [-0.1, -0.05) is 91.0 Å². The molecular formula is C40H23N3OS. The minimum atomic E-state index is 0.902. The topological polar surface area (TPSA) is 43.9 Å². The maximum atomic E-state index is 6.36. The molecule has 0 aliphatic heterocycles. The zero-order valence-electron chi connectivity index (χ0n) is 23.9. The molecule has 0 bridgehead atoms. The van der Waals surface area contributed by atoms with Crippen LogP contribution in [0.1, 0.15) is 0 Å². The zero-order valence-corrected chi connectivity index (χ0v) is 24.8. The molecule has 0 spiro atoms. The van der Waals surface area contributed by atoms with Crippen LogP contribution in [0, 0.1) is 0 Å². The summed E-state index contributed by atoms with van der Waals surface area (Å²) in [5, 5.41) is 5.91. The summed E-state index contributed by atoms with van der Waals surface area (Å²) in [6, 6.07) is 47.2. The van der Waals surface area contributed by atoms with Crippen molar-refractivity contribution in [1.82, 2.24) is 14.5 Å². The van der Waals surface area contributed by atoms with Crippen LogP contribution in [0.2, 0.25) is 0 Å². The van der Waals surface area contributed by atoms with Crippen LogP contribution >= 0.6 is 11.3 Å². The molecule has 10 aromatic rings. The summed E-state index contributed by atoms with van der Waals surface area (Å²) < 4.78 is 11.0. The molecule has 0 atom stereocenters. The van der Waals surface area contributed by atoms with E-state index in [4.69, 9.17) is 14.4 Å². The first-order valence-electron chi connectivity index (χ1n) is 15.0. The number of aromatic nitrogens is 3. The van der Waals surface area contributed by atoms with Crippen LogP contribution in [0.4, 0.5) is 0 Å². The average molecular weight is 594 g/mol. The molecule has 4 heterocycles. The van der Waals surface area contributed by atoms with Crippen molar-refractivity contribution >= 4 is 75.4 Å². The van der Waals surface area contributed by atoms with Crippen LogP contribution in [0.25, 0.3) is 92.1 Å². The second-order valence-electron chi connectivity index (χ2n) is 11.4. The highest BCUT2D eigenvalue weighted by molar-refractivity contribution is 7.26. The molecule has 10 rings (SSSR count). The fourth-order valence-electron chi connectivity index (χ4n) is 6.92. The summed E-state index contributed by atoms with van der Waals surface area (Å²) in [5.41, 5.74) is 10.5. The highest BCUT2D eigenvalue weighted by Crippen LogP contribution is 2.41. The lowest BCUT2D eigenvalue weighted by molar-refractivity contribution is 0.670. The van der Waals surface area contributed by atoms with Gasteiger partial charge in [0.2, 0.25) is 0 Å². The van der Waals surface area contributed by atoms with Crippen molar-refractivity contribution < 1.29 is 4.42 Å². The van der Waals surface area contributed by atoms with E-state index in [9.17, 15) is 0 Å². The van der Waals surface area contributed by atoms with Crippen LogP contribution in [0.5, 0.6) is 0 Å². The number of para-hydroxylation sites is 4. The summed E-state index contributed by atoms with van der Waals surface area (Å²) in [6.45, 7) is 0. The normalized spacial score (nSPS) is 12.0. The summed E-state index contributed by atoms with van der Waals surface area (Å²) in [6.07, 6.45) is 1.70. The van der Waals surface area contributed by atoms with Gasteiger partial charge in [-0.15, -0.1) is 11.3 Å².